The monoisotopic (exact) mass is 315 g/mol. The smallest absolute Gasteiger partial charge is 0.256 e. The van der Waals surface area contributed by atoms with Gasteiger partial charge in [-0.1, -0.05) is 15.9 Å². The van der Waals surface area contributed by atoms with Crippen LogP contribution in [0.1, 0.15) is 21.5 Å². The third-order valence-corrected chi connectivity index (χ3v) is 3.44. The largest absolute Gasteiger partial charge is 0.307 e. The maximum atomic E-state index is 12.0. The van der Waals surface area contributed by atoms with Gasteiger partial charge in [0.25, 0.3) is 5.91 Å². The Morgan fingerprint density at radius 3 is 2.74 bits per heavy atom. The van der Waals surface area contributed by atoms with E-state index in [1.165, 1.54) is 6.20 Å². The van der Waals surface area contributed by atoms with Gasteiger partial charge in [0, 0.05) is 16.2 Å². The van der Waals surface area contributed by atoms with Crippen LogP contribution in [-0.2, 0) is 0 Å². The second-order valence-corrected chi connectivity index (χ2v) is 4.82. The number of pyridine rings is 1. The third-order valence-electron chi connectivity index (χ3n) is 2.55. The molecule has 2 aromatic rings. The minimum absolute atomic E-state index is 0.229. The Labute approximate surface area is 119 Å². The third kappa shape index (κ3) is 3.18. The van der Waals surface area contributed by atoms with Gasteiger partial charge >= 0.3 is 0 Å². The zero-order chi connectivity index (χ0) is 13.8. The molecule has 0 unspecified atom stereocenters. The fourth-order valence-corrected chi connectivity index (χ4v) is 1.75. The number of amides is 1. The maximum absolute atomic E-state index is 12.0. The molecule has 4 nitrogen and oxygen atoms in total. The highest BCUT2D eigenvalue weighted by Gasteiger charge is 2.08. The Bertz CT molecular complexity index is 659. The molecule has 0 atom stereocenters. The average molecular weight is 316 g/mol. The molecule has 94 valence electrons. The summed E-state index contributed by atoms with van der Waals surface area (Å²) in [5.41, 5.74) is 2.00. The number of nitrogens with one attached hydrogen (secondary N) is 1. The number of aryl methyl sites for hydroxylation is 1. The van der Waals surface area contributed by atoms with E-state index >= 15 is 0 Å². The highest BCUT2D eigenvalue weighted by Crippen LogP contribution is 2.17. The van der Waals surface area contributed by atoms with Crippen molar-refractivity contribution >= 4 is 27.7 Å². The van der Waals surface area contributed by atoms with Crippen molar-refractivity contribution in [2.24, 2.45) is 0 Å². The van der Waals surface area contributed by atoms with E-state index in [9.17, 15) is 4.79 Å². The molecule has 0 aliphatic carbocycles. The summed E-state index contributed by atoms with van der Waals surface area (Å²) in [4.78, 5) is 16.0. The Morgan fingerprint density at radius 1 is 1.37 bits per heavy atom. The molecule has 0 saturated heterocycles. The number of carbonyl (C=O) groups excluding carboxylic acids is 1. The molecule has 1 heterocycles. The van der Waals surface area contributed by atoms with E-state index in [1.54, 1.807) is 24.3 Å². The second kappa shape index (κ2) is 5.63. The number of hydrogen-bond donors (Lipinski definition) is 1. The molecule has 0 radical (unpaired) electrons. The normalized spacial score (nSPS) is 9.74. The zero-order valence-electron chi connectivity index (χ0n) is 10.1. The molecule has 5 heteroatoms. The summed E-state index contributed by atoms with van der Waals surface area (Å²) in [5.74, 6) is 0.192. The van der Waals surface area contributed by atoms with Crippen LogP contribution in [0.5, 0.6) is 0 Å². The van der Waals surface area contributed by atoms with Gasteiger partial charge < -0.3 is 5.32 Å². The fourth-order valence-electron chi connectivity index (χ4n) is 1.51. The lowest BCUT2D eigenvalue weighted by Gasteiger charge is -2.06. The van der Waals surface area contributed by atoms with Crippen molar-refractivity contribution in [3.05, 3.63) is 57.7 Å². The first kappa shape index (κ1) is 13.2. The van der Waals surface area contributed by atoms with E-state index in [1.807, 2.05) is 19.1 Å². The van der Waals surface area contributed by atoms with Gasteiger partial charge in [-0.05, 0) is 42.8 Å². The summed E-state index contributed by atoms with van der Waals surface area (Å²) in [5, 5.41) is 11.3. The van der Waals surface area contributed by atoms with Crippen molar-refractivity contribution in [1.82, 2.24) is 4.98 Å². The lowest BCUT2D eigenvalue weighted by atomic mass is 10.1. The van der Waals surface area contributed by atoms with Crippen LogP contribution >= 0.6 is 15.9 Å². The molecule has 0 fully saturated rings. The minimum Gasteiger partial charge on any atom is -0.307 e. The molecule has 1 aromatic carbocycles. The maximum Gasteiger partial charge on any atom is 0.256 e. The number of aromatic nitrogens is 1. The Balaban J connectivity index is 2.16. The Morgan fingerprint density at radius 2 is 2.16 bits per heavy atom. The van der Waals surface area contributed by atoms with Crippen molar-refractivity contribution in [2.75, 3.05) is 5.32 Å². The molecule has 0 bridgehead atoms. The molecule has 19 heavy (non-hydrogen) atoms. The molecule has 0 aliphatic heterocycles. The summed E-state index contributed by atoms with van der Waals surface area (Å²) >= 11 is 3.39. The van der Waals surface area contributed by atoms with Crippen LogP contribution in [0.2, 0.25) is 0 Å². The molecule has 1 aromatic heterocycles. The lowest BCUT2D eigenvalue weighted by molar-refractivity contribution is 0.102. The van der Waals surface area contributed by atoms with Gasteiger partial charge in [0.2, 0.25) is 0 Å². The van der Waals surface area contributed by atoms with E-state index in [0.29, 0.717) is 16.9 Å². The van der Waals surface area contributed by atoms with Crippen molar-refractivity contribution < 1.29 is 4.79 Å². The van der Waals surface area contributed by atoms with Gasteiger partial charge in [-0.3, -0.25) is 4.79 Å². The summed E-state index contributed by atoms with van der Waals surface area (Å²) < 4.78 is 0.959. The Hall–Kier alpha value is -2.19. The van der Waals surface area contributed by atoms with Crippen LogP contribution in [0.3, 0.4) is 0 Å². The van der Waals surface area contributed by atoms with Gasteiger partial charge in [0.1, 0.15) is 11.9 Å². The number of carbonyl (C=O) groups is 1. The van der Waals surface area contributed by atoms with Crippen molar-refractivity contribution in [2.45, 2.75) is 6.92 Å². The van der Waals surface area contributed by atoms with Gasteiger partial charge in [-0.15, -0.1) is 0 Å². The quantitative estimate of drug-likeness (QED) is 0.924. The van der Waals surface area contributed by atoms with E-state index in [4.69, 9.17) is 5.26 Å². The summed E-state index contributed by atoms with van der Waals surface area (Å²) in [7, 11) is 0. The van der Waals surface area contributed by atoms with E-state index in [2.05, 4.69) is 26.2 Å². The van der Waals surface area contributed by atoms with Crippen molar-refractivity contribution in [3.63, 3.8) is 0 Å². The van der Waals surface area contributed by atoms with Crippen LogP contribution in [0.4, 0.5) is 5.82 Å². The van der Waals surface area contributed by atoms with Crippen LogP contribution in [0.15, 0.2) is 41.0 Å². The minimum atomic E-state index is -0.229. The van der Waals surface area contributed by atoms with Gasteiger partial charge in [-0.2, -0.15) is 5.26 Å². The standard InChI is InChI=1S/C14H10BrN3O/c1-9-6-11(3-4-12(9)15)14(19)18-13-5-2-10(7-16)8-17-13/h2-6,8H,1H3,(H,17,18,19). The molecular weight excluding hydrogens is 306 g/mol. The lowest BCUT2D eigenvalue weighted by Crippen LogP contribution is -2.13. The summed E-state index contributed by atoms with van der Waals surface area (Å²) in [6.07, 6.45) is 1.42. The van der Waals surface area contributed by atoms with Crippen LogP contribution < -0.4 is 5.32 Å². The van der Waals surface area contributed by atoms with Gasteiger partial charge in [-0.25, -0.2) is 4.98 Å². The molecule has 1 N–H and O–H groups in total. The first-order valence-electron chi connectivity index (χ1n) is 5.54. The average Bonchev–Trinajstić information content (AvgIpc) is 2.42. The van der Waals surface area contributed by atoms with Crippen LogP contribution in [0, 0.1) is 18.3 Å². The molecule has 0 aliphatic rings. The van der Waals surface area contributed by atoms with Crippen LogP contribution in [-0.4, -0.2) is 10.9 Å². The SMILES string of the molecule is Cc1cc(C(=O)Nc2ccc(C#N)cn2)ccc1Br. The molecule has 2 rings (SSSR count). The van der Waals surface area contributed by atoms with Gasteiger partial charge in [0.15, 0.2) is 0 Å². The first-order valence-corrected chi connectivity index (χ1v) is 6.33. The first-order chi connectivity index (χ1) is 9.10. The number of hydrogen-bond acceptors (Lipinski definition) is 3. The number of nitrogens with zero attached hydrogens (tertiary/aromatic N) is 2. The summed E-state index contributed by atoms with van der Waals surface area (Å²) in [6, 6.07) is 10.5. The zero-order valence-corrected chi connectivity index (χ0v) is 11.7. The predicted octanol–water partition coefficient (Wildman–Crippen LogP) is 3.28. The molecular formula is C14H10BrN3O. The van der Waals surface area contributed by atoms with E-state index in [0.717, 1.165) is 10.0 Å². The fraction of sp³-hybridized carbons (Fsp3) is 0.0714. The van der Waals surface area contributed by atoms with Crippen molar-refractivity contribution in [1.29, 1.82) is 5.26 Å². The highest BCUT2D eigenvalue weighted by molar-refractivity contribution is 9.10. The highest BCUT2D eigenvalue weighted by atomic mass is 79.9. The van der Waals surface area contributed by atoms with Crippen molar-refractivity contribution in [3.8, 4) is 6.07 Å². The Kier molecular flexibility index (Phi) is 3.93. The van der Waals surface area contributed by atoms with E-state index < -0.39 is 0 Å². The topological polar surface area (TPSA) is 65.8 Å². The van der Waals surface area contributed by atoms with E-state index in [-0.39, 0.29) is 5.91 Å². The molecule has 1 amide bonds. The number of benzene rings is 1. The number of nitriles is 1. The van der Waals surface area contributed by atoms with Crippen LogP contribution in [0.25, 0.3) is 0 Å². The number of halogens is 1. The molecule has 0 spiro atoms. The summed E-state index contributed by atoms with van der Waals surface area (Å²) in [6.45, 7) is 1.92. The molecule has 0 saturated carbocycles. The predicted molar refractivity (Wildman–Crippen MR) is 75.8 cm³/mol. The second-order valence-electron chi connectivity index (χ2n) is 3.96. The van der Waals surface area contributed by atoms with Gasteiger partial charge in [0.05, 0.1) is 5.56 Å². The number of rotatable bonds is 2. The number of anilines is 1.